The molecule has 23 heavy (non-hydrogen) atoms. The highest BCUT2D eigenvalue weighted by atomic mass is 32.1. The second-order valence-corrected chi connectivity index (χ2v) is 6.73. The number of carbonyl (C=O) groups excluding carboxylic acids is 2. The Labute approximate surface area is 139 Å². The van der Waals surface area contributed by atoms with E-state index in [-0.39, 0.29) is 30.2 Å². The zero-order valence-corrected chi connectivity index (χ0v) is 14.2. The zero-order valence-electron chi connectivity index (χ0n) is 13.3. The molecule has 0 fully saturated rings. The lowest BCUT2D eigenvalue weighted by Crippen LogP contribution is -2.23. The molecule has 122 valence electrons. The van der Waals surface area contributed by atoms with Crippen LogP contribution in [0.3, 0.4) is 0 Å². The summed E-state index contributed by atoms with van der Waals surface area (Å²) in [6.07, 6.45) is 0.981. The number of rotatable bonds is 5. The van der Waals surface area contributed by atoms with Crippen LogP contribution in [0.1, 0.15) is 36.6 Å². The van der Waals surface area contributed by atoms with Crippen molar-refractivity contribution < 1.29 is 19.1 Å². The Hall–Kier alpha value is -1.88. The summed E-state index contributed by atoms with van der Waals surface area (Å²) >= 11 is 1.64. The van der Waals surface area contributed by atoms with E-state index < -0.39 is 0 Å². The lowest BCUT2D eigenvalue weighted by Gasteiger charge is -2.17. The van der Waals surface area contributed by atoms with Crippen molar-refractivity contribution in [3.63, 3.8) is 0 Å². The highest BCUT2D eigenvalue weighted by Gasteiger charge is 2.42. The summed E-state index contributed by atoms with van der Waals surface area (Å²) < 4.78 is 11.5. The largest absolute Gasteiger partial charge is 0.466 e. The summed E-state index contributed by atoms with van der Waals surface area (Å²) in [7, 11) is 0. The average Bonchev–Trinajstić information content (AvgIpc) is 3.03. The summed E-state index contributed by atoms with van der Waals surface area (Å²) in [6.45, 7) is 4.31. The van der Waals surface area contributed by atoms with Crippen LogP contribution in [0.5, 0.6) is 0 Å². The first kappa shape index (κ1) is 16.0. The maximum atomic E-state index is 12.5. The predicted molar refractivity (Wildman–Crippen MR) is 89.6 cm³/mol. The Bertz CT molecular complexity index is 734. The number of hydrogen-bond donors (Lipinski definition) is 0. The van der Waals surface area contributed by atoms with Gasteiger partial charge in [-0.2, -0.15) is 0 Å². The Morgan fingerprint density at radius 3 is 2.65 bits per heavy atom. The van der Waals surface area contributed by atoms with Crippen molar-refractivity contribution in [2.75, 3.05) is 13.2 Å². The van der Waals surface area contributed by atoms with Crippen molar-refractivity contribution in [3.8, 4) is 0 Å². The lowest BCUT2D eigenvalue weighted by molar-refractivity contribution is -0.148. The van der Waals surface area contributed by atoms with Crippen molar-refractivity contribution in [2.45, 2.75) is 32.6 Å². The second-order valence-electron chi connectivity index (χ2n) is 5.64. The summed E-state index contributed by atoms with van der Waals surface area (Å²) in [6, 6.07) is 8.16. The molecule has 5 heteroatoms. The molecule has 4 nitrogen and oxygen atoms in total. The number of benzene rings is 1. The van der Waals surface area contributed by atoms with E-state index in [1.54, 1.807) is 25.2 Å². The first-order valence-corrected chi connectivity index (χ1v) is 8.79. The molecule has 0 spiro atoms. The minimum atomic E-state index is -0.355. The first-order chi connectivity index (χ1) is 11.2. The molecular weight excluding hydrogens is 312 g/mol. The number of ether oxygens (including phenoxy) is 2. The molecule has 0 saturated carbocycles. The van der Waals surface area contributed by atoms with Gasteiger partial charge in [-0.1, -0.05) is 18.2 Å². The van der Waals surface area contributed by atoms with E-state index >= 15 is 0 Å². The standard InChI is InChI=1S/C18H20O4S/c1-3-21-15(19)10-11-9-13-12-7-5-6-8-14(12)23-17(13)16(11)18(20)22-4-2/h5-8,11,16H,3-4,9-10H2,1-2H3/t11-,16+/m1/s1. The fourth-order valence-corrected chi connectivity index (χ4v) is 4.75. The lowest BCUT2D eigenvalue weighted by atomic mass is 9.92. The molecule has 1 heterocycles. The summed E-state index contributed by atoms with van der Waals surface area (Å²) in [5.41, 5.74) is 1.19. The van der Waals surface area contributed by atoms with Crippen molar-refractivity contribution >= 4 is 33.4 Å². The van der Waals surface area contributed by atoms with Gasteiger partial charge in [-0.15, -0.1) is 11.3 Å². The molecule has 1 aromatic heterocycles. The maximum Gasteiger partial charge on any atom is 0.314 e. The van der Waals surface area contributed by atoms with Gasteiger partial charge in [0.1, 0.15) is 0 Å². The van der Waals surface area contributed by atoms with E-state index in [0.29, 0.717) is 13.2 Å². The van der Waals surface area contributed by atoms with Crippen LogP contribution in [0.2, 0.25) is 0 Å². The Morgan fingerprint density at radius 2 is 1.91 bits per heavy atom. The fraction of sp³-hybridized carbons (Fsp3) is 0.444. The van der Waals surface area contributed by atoms with Gasteiger partial charge in [0.25, 0.3) is 0 Å². The number of carbonyl (C=O) groups is 2. The molecule has 1 aliphatic carbocycles. The van der Waals surface area contributed by atoms with Gasteiger partial charge in [-0.25, -0.2) is 0 Å². The molecule has 2 aromatic rings. The number of hydrogen-bond acceptors (Lipinski definition) is 5. The monoisotopic (exact) mass is 332 g/mol. The van der Waals surface area contributed by atoms with Gasteiger partial charge in [0.15, 0.2) is 0 Å². The number of fused-ring (bicyclic) bond motifs is 3. The second kappa shape index (κ2) is 6.71. The Kier molecular flexibility index (Phi) is 4.66. The van der Waals surface area contributed by atoms with Crippen LogP contribution < -0.4 is 0 Å². The van der Waals surface area contributed by atoms with E-state index in [1.807, 2.05) is 12.1 Å². The normalized spacial score (nSPS) is 19.6. The third-order valence-electron chi connectivity index (χ3n) is 4.22. The molecule has 0 N–H and O–H groups in total. The van der Waals surface area contributed by atoms with Gasteiger partial charge < -0.3 is 9.47 Å². The minimum absolute atomic E-state index is 0.0704. The molecule has 0 saturated heterocycles. The smallest absolute Gasteiger partial charge is 0.314 e. The fourth-order valence-electron chi connectivity index (χ4n) is 3.33. The summed E-state index contributed by atoms with van der Waals surface area (Å²) in [5, 5.41) is 1.19. The van der Waals surface area contributed by atoms with Gasteiger partial charge >= 0.3 is 11.9 Å². The van der Waals surface area contributed by atoms with Gasteiger partial charge in [-0.3, -0.25) is 9.59 Å². The van der Waals surface area contributed by atoms with Crippen molar-refractivity contribution in [2.24, 2.45) is 5.92 Å². The van der Waals surface area contributed by atoms with Gasteiger partial charge in [0.05, 0.1) is 19.1 Å². The molecular formula is C18H20O4S. The third-order valence-corrected chi connectivity index (χ3v) is 5.52. The molecule has 0 radical (unpaired) electrons. The third kappa shape index (κ3) is 2.98. The highest BCUT2D eigenvalue weighted by Crippen LogP contribution is 2.48. The SMILES string of the molecule is CCOC(=O)C[C@H]1Cc2c(sc3ccccc23)[C@H]1C(=O)OCC. The number of thiophene rings is 1. The van der Waals surface area contributed by atoms with Crippen LogP contribution in [0.4, 0.5) is 0 Å². The van der Waals surface area contributed by atoms with Crippen LogP contribution in [-0.4, -0.2) is 25.2 Å². The quantitative estimate of drug-likeness (QED) is 0.784. The van der Waals surface area contributed by atoms with Gasteiger partial charge in [0.2, 0.25) is 0 Å². The van der Waals surface area contributed by atoms with E-state index in [1.165, 1.54) is 15.6 Å². The van der Waals surface area contributed by atoms with Crippen LogP contribution in [0.25, 0.3) is 10.1 Å². The van der Waals surface area contributed by atoms with E-state index in [9.17, 15) is 9.59 Å². The van der Waals surface area contributed by atoms with Crippen molar-refractivity contribution in [1.29, 1.82) is 0 Å². The molecule has 0 aliphatic heterocycles. The highest BCUT2D eigenvalue weighted by molar-refractivity contribution is 7.19. The van der Waals surface area contributed by atoms with Crippen molar-refractivity contribution in [1.82, 2.24) is 0 Å². The molecule has 0 bridgehead atoms. The van der Waals surface area contributed by atoms with Gasteiger partial charge in [-0.05, 0) is 43.2 Å². The summed E-state index contributed by atoms with van der Waals surface area (Å²) in [4.78, 5) is 25.4. The predicted octanol–water partition coefficient (Wildman–Crippen LogP) is 3.67. The molecule has 2 atom stereocenters. The zero-order chi connectivity index (χ0) is 16.4. The molecule has 3 rings (SSSR count). The Morgan fingerprint density at radius 1 is 1.17 bits per heavy atom. The van der Waals surface area contributed by atoms with Gasteiger partial charge in [0, 0.05) is 16.0 Å². The van der Waals surface area contributed by atoms with Crippen LogP contribution >= 0.6 is 11.3 Å². The topological polar surface area (TPSA) is 52.6 Å². The van der Waals surface area contributed by atoms with Crippen LogP contribution in [0.15, 0.2) is 24.3 Å². The van der Waals surface area contributed by atoms with Crippen LogP contribution in [-0.2, 0) is 25.5 Å². The molecule has 0 amide bonds. The van der Waals surface area contributed by atoms with E-state index in [2.05, 4.69) is 12.1 Å². The summed E-state index contributed by atoms with van der Waals surface area (Å²) in [5.74, 6) is -0.899. The minimum Gasteiger partial charge on any atom is -0.466 e. The van der Waals surface area contributed by atoms with Crippen molar-refractivity contribution in [3.05, 3.63) is 34.7 Å². The maximum absolute atomic E-state index is 12.5. The first-order valence-electron chi connectivity index (χ1n) is 7.98. The van der Waals surface area contributed by atoms with E-state index in [0.717, 1.165) is 11.3 Å². The Balaban J connectivity index is 1.95. The van der Waals surface area contributed by atoms with Crippen LogP contribution in [0, 0.1) is 5.92 Å². The molecule has 1 aliphatic rings. The molecule has 0 unspecified atom stereocenters. The number of esters is 2. The average molecular weight is 332 g/mol. The molecule has 1 aromatic carbocycles. The van der Waals surface area contributed by atoms with E-state index in [4.69, 9.17) is 9.47 Å².